The van der Waals surface area contributed by atoms with Crippen LogP contribution in [0.25, 0.3) is 0 Å². The first-order chi connectivity index (χ1) is 12.0. The van der Waals surface area contributed by atoms with Gasteiger partial charge in [0.05, 0.1) is 0 Å². The lowest BCUT2D eigenvalue weighted by atomic mass is 9.47. The van der Waals surface area contributed by atoms with Gasteiger partial charge in [0.1, 0.15) is 5.78 Å². The van der Waals surface area contributed by atoms with Crippen LogP contribution < -0.4 is 0 Å². The van der Waals surface area contributed by atoms with Gasteiger partial charge in [0.25, 0.3) is 0 Å². The maximum Gasteiger partial charge on any atom is 0.162 e. The summed E-state index contributed by atoms with van der Waals surface area (Å²) in [6.45, 7) is 11.2. The maximum absolute atomic E-state index is 12.8. The second-order valence-corrected chi connectivity index (χ2v) is 11.0. The average molecular weight is 355 g/mol. The Labute approximate surface area is 158 Å². The zero-order valence-electron chi connectivity index (χ0n) is 17.2. The van der Waals surface area contributed by atoms with E-state index in [4.69, 9.17) is 0 Å². The van der Waals surface area contributed by atoms with Gasteiger partial charge in [0.15, 0.2) is 5.78 Å². The van der Waals surface area contributed by atoms with Gasteiger partial charge in [-0.3, -0.25) is 9.59 Å². The molecule has 4 rings (SSSR count). The molecular weight excluding hydrogens is 320 g/mol. The van der Waals surface area contributed by atoms with Gasteiger partial charge in [-0.25, -0.2) is 0 Å². The number of Topliss-reactive ketones (excluding diaryl/α,β-unsaturated/α-hetero) is 2. The van der Waals surface area contributed by atoms with Crippen LogP contribution in [0.15, 0.2) is 23.3 Å². The molecule has 142 valence electrons. The fraction of sp³-hybridized carbons (Fsp3) is 0.750. The molecule has 2 heteroatoms. The predicted octanol–water partition coefficient (Wildman–Crippen LogP) is 5.67. The molecule has 0 radical (unpaired) electrons. The Morgan fingerprint density at radius 3 is 2.46 bits per heavy atom. The molecule has 5 unspecified atom stereocenters. The summed E-state index contributed by atoms with van der Waals surface area (Å²) in [5, 5.41) is 0. The van der Waals surface area contributed by atoms with E-state index in [9.17, 15) is 9.59 Å². The Bertz CT molecular complexity index is 719. The largest absolute Gasteiger partial charge is 0.299 e. The molecule has 0 saturated heterocycles. The summed E-state index contributed by atoms with van der Waals surface area (Å²) in [5.41, 5.74) is 2.52. The van der Waals surface area contributed by atoms with E-state index in [1.54, 1.807) is 0 Å². The Balaban J connectivity index is 1.70. The predicted molar refractivity (Wildman–Crippen MR) is 105 cm³/mol. The van der Waals surface area contributed by atoms with Crippen molar-refractivity contribution in [3.05, 3.63) is 23.3 Å². The minimum atomic E-state index is -0.0720. The van der Waals surface area contributed by atoms with Crippen LogP contribution in [0.5, 0.6) is 0 Å². The van der Waals surface area contributed by atoms with E-state index in [1.165, 1.54) is 5.57 Å². The fourth-order valence-electron chi connectivity index (χ4n) is 6.88. The van der Waals surface area contributed by atoms with Crippen LogP contribution >= 0.6 is 0 Å². The van der Waals surface area contributed by atoms with Gasteiger partial charge in [0, 0.05) is 18.3 Å². The molecule has 3 fully saturated rings. The zero-order chi connectivity index (χ0) is 18.9. The third kappa shape index (κ3) is 2.59. The van der Waals surface area contributed by atoms with Crippen molar-refractivity contribution in [2.24, 2.45) is 34.0 Å². The monoisotopic (exact) mass is 354 g/mol. The van der Waals surface area contributed by atoms with Gasteiger partial charge >= 0.3 is 0 Å². The highest BCUT2D eigenvalue weighted by Gasteiger charge is 2.59. The van der Waals surface area contributed by atoms with Gasteiger partial charge in [-0.1, -0.05) is 52.3 Å². The molecule has 0 aromatic heterocycles. The number of carbonyl (C=O) groups is 2. The van der Waals surface area contributed by atoms with E-state index in [0.717, 1.165) is 44.1 Å². The second kappa shape index (κ2) is 5.66. The van der Waals surface area contributed by atoms with E-state index in [1.807, 2.05) is 0 Å². The normalized spacial score (nSPS) is 44.4. The highest BCUT2D eigenvalue weighted by molar-refractivity contribution is 5.98. The summed E-state index contributed by atoms with van der Waals surface area (Å²) in [5.74, 6) is 2.64. The van der Waals surface area contributed by atoms with Crippen molar-refractivity contribution in [1.29, 1.82) is 0 Å². The van der Waals surface area contributed by atoms with E-state index in [-0.39, 0.29) is 16.2 Å². The summed E-state index contributed by atoms with van der Waals surface area (Å²) in [4.78, 5) is 25.3. The Hall–Kier alpha value is -1.18. The Kier molecular flexibility index (Phi) is 3.96. The molecular formula is C24H34O2. The minimum Gasteiger partial charge on any atom is -0.299 e. The highest BCUT2D eigenvalue weighted by atomic mass is 16.1. The first kappa shape index (κ1) is 18.2. The second-order valence-electron chi connectivity index (χ2n) is 11.0. The number of hydrogen-bond acceptors (Lipinski definition) is 2. The summed E-state index contributed by atoms with van der Waals surface area (Å²) >= 11 is 0. The van der Waals surface area contributed by atoms with E-state index >= 15 is 0 Å². The molecule has 4 aliphatic rings. The molecule has 26 heavy (non-hydrogen) atoms. The molecule has 0 aromatic carbocycles. The van der Waals surface area contributed by atoms with Crippen molar-refractivity contribution in [3.63, 3.8) is 0 Å². The summed E-state index contributed by atoms with van der Waals surface area (Å²) in [6.07, 6.45) is 11.3. The zero-order valence-corrected chi connectivity index (χ0v) is 17.2. The molecule has 0 spiro atoms. The van der Waals surface area contributed by atoms with Crippen molar-refractivity contribution >= 4 is 11.6 Å². The molecule has 0 N–H and O–H groups in total. The first-order valence-corrected chi connectivity index (χ1v) is 10.5. The molecule has 4 aliphatic carbocycles. The molecule has 5 atom stereocenters. The molecule has 0 aromatic rings. The van der Waals surface area contributed by atoms with E-state index in [2.05, 4.69) is 46.8 Å². The molecule has 3 saturated carbocycles. The van der Waals surface area contributed by atoms with Crippen LogP contribution in [0.3, 0.4) is 0 Å². The van der Waals surface area contributed by atoms with Crippen LogP contribution in [-0.2, 0) is 9.59 Å². The van der Waals surface area contributed by atoms with Gasteiger partial charge in [-0.2, -0.15) is 0 Å². The third-order valence-electron chi connectivity index (χ3n) is 8.21. The lowest BCUT2D eigenvalue weighted by Crippen LogP contribution is -2.50. The van der Waals surface area contributed by atoms with E-state index < -0.39 is 0 Å². The molecule has 2 nitrogen and oxygen atoms in total. The van der Waals surface area contributed by atoms with Crippen LogP contribution in [-0.4, -0.2) is 11.6 Å². The van der Waals surface area contributed by atoms with Crippen LogP contribution in [0.4, 0.5) is 0 Å². The SMILES string of the molecule is CC(C)(C)C=C1CC2(C)C(=CCC3C4CCC(=O)C4(C)CCC32)CC1=O. The Morgan fingerprint density at radius 2 is 1.77 bits per heavy atom. The average Bonchev–Trinajstić information content (AvgIpc) is 2.83. The van der Waals surface area contributed by atoms with Gasteiger partial charge in [0.2, 0.25) is 0 Å². The summed E-state index contributed by atoms with van der Waals surface area (Å²) in [7, 11) is 0. The molecule has 0 amide bonds. The van der Waals surface area contributed by atoms with Crippen molar-refractivity contribution in [2.45, 2.75) is 79.6 Å². The third-order valence-corrected chi connectivity index (χ3v) is 8.21. The first-order valence-electron chi connectivity index (χ1n) is 10.5. The standard InChI is InChI=1S/C24H34O2/c1-22(2,3)13-15-14-24(5)16(12-20(15)25)6-7-17-18-8-9-21(26)23(18,4)11-10-19(17)24/h6,13,17-19H,7-12,14H2,1-5H3. The summed E-state index contributed by atoms with van der Waals surface area (Å²) in [6, 6.07) is 0. The van der Waals surface area contributed by atoms with E-state index in [0.29, 0.717) is 35.7 Å². The number of allylic oxidation sites excluding steroid dienone is 4. The number of fused-ring (bicyclic) bond motifs is 5. The molecule has 0 aliphatic heterocycles. The van der Waals surface area contributed by atoms with Crippen molar-refractivity contribution in [1.82, 2.24) is 0 Å². The summed E-state index contributed by atoms with van der Waals surface area (Å²) < 4.78 is 0. The van der Waals surface area contributed by atoms with Crippen LogP contribution in [0.1, 0.15) is 79.6 Å². The number of hydrogen-bond donors (Lipinski definition) is 0. The smallest absolute Gasteiger partial charge is 0.162 e. The number of ketones is 2. The highest BCUT2D eigenvalue weighted by Crippen LogP contribution is 2.64. The lowest BCUT2D eigenvalue weighted by Gasteiger charge is -2.56. The quantitative estimate of drug-likeness (QED) is 0.415. The van der Waals surface area contributed by atoms with Gasteiger partial charge < -0.3 is 0 Å². The van der Waals surface area contributed by atoms with Crippen molar-refractivity contribution in [3.8, 4) is 0 Å². The van der Waals surface area contributed by atoms with Gasteiger partial charge in [-0.05, 0) is 66.3 Å². The molecule has 0 bridgehead atoms. The minimum absolute atomic E-state index is 0.0413. The van der Waals surface area contributed by atoms with Crippen LogP contribution in [0, 0.1) is 34.0 Å². The maximum atomic E-state index is 12.8. The topological polar surface area (TPSA) is 34.1 Å². The number of rotatable bonds is 0. The fourth-order valence-corrected chi connectivity index (χ4v) is 6.88. The van der Waals surface area contributed by atoms with Gasteiger partial charge in [-0.15, -0.1) is 0 Å². The Morgan fingerprint density at radius 1 is 1.08 bits per heavy atom. The van der Waals surface area contributed by atoms with Crippen molar-refractivity contribution in [2.75, 3.05) is 0 Å². The van der Waals surface area contributed by atoms with Crippen molar-refractivity contribution < 1.29 is 9.59 Å². The molecule has 0 heterocycles. The van der Waals surface area contributed by atoms with Crippen LogP contribution in [0.2, 0.25) is 0 Å². The number of carbonyl (C=O) groups excluding carboxylic acids is 2. The lowest BCUT2D eigenvalue weighted by molar-refractivity contribution is -0.131.